The first-order chi connectivity index (χ1) is 8.95. The summed E-state index contributed by atoms with van der Waals surface area (Å²) in [6.45, 7) is 3.70. The predicted octanol–water partition coefficient (Wildman–Crippen LogP) is 0.809. The van der Waals surface area contributed by atoms with Gasteiger partial charge in [-0.15, -0.1) is 0 Å². The van der Waals surface area contributed by atoms with Gasteiger partial charge < -0.3 is 10.6 Å². The minimum atomic E-state index is -0.504. The third-order valence-corrected chi connectivity index (χ3v) is 3.19. The van der Waals surface area contributed by atoms with E-state index in [1.807, 2.05) is 36.5 Å². The van der Waals surface area contributed by atoms with E-state index in [2.05, 4.69) is 10.6 Å². The first kappa shape index (κ1) is 15.5. The number of carbonyl (C=O) groups excluding carboxylic acids is 2. The van der Waals surface area contributed by atoms with Gasteiger partial charge in [0.15, 0.2) is 6.04 Å². The highest BCUT2D eigenvalue weighted by atomic mass is 35.5. The molecule has 1 rings (SSSR count). The van der Waals surface area contributed by atoms with Crippen molar-refractivity contribution in [2.75, 3.05) is 7.05 Å². The van der Waals surface area contributed by atoms with Crippen LogP contribution in [0.15, 0.2) is 24.3 Å². The van der Waals surface area contributed by atoms with E-state index in [-0.39, 0.29) is 18.0 Å². The van der Waals surface area contributed by atoms with Crippen molar-refractivity contribution in [3.8, 4) is 0 Å². The number of hydrogen-bond donors (Lipinski definition) is 3. The molecule has 1 aromatic carbocycles. The molecule has 0 saturated heterocycles. The van der Waals surface area contributed by atoms with Crippen LogP contribution >= 0.6 is 11.6 Å². The third-order valence-electron chi connectivity index (χ3n) is 2.85. The highest BCUT2D eigenvalue weighted by molar-refractivity contribution is 6.31. The molecular weight excluding hydrogens is 266 g/mol. The summed E-state index contributed by atoms with van der Waals surface area (Å²) in [6.07, 6.45) is 0. The molecule has 0 aliphatic heterocycles. The van der Waals surface area contributed by atoms with Crippen LogP contribution in [0.1, 0.15) is 25.5 Å². The zero-order valence-corrected chi connectivity index (χ0v) is 12.0. The number of rotatable bonds is 4. The second-order valence-corrected chi connectivity index (χ2v) is 4.77. The maximum Gasteiger partial charge on any atom is 0.321 e. The van der Waals surface area contributed by atoms with E-state index in [0.717, 1.165) is 5.56 Å². The predicted molar refractivity (Wildman–Crippen MR) is 73.9 cm³/mol. The largest absolute Gasteiger partial charge is 0.341 e. The summed E-state index contributed by atoms with van der Waals surface area (Å²) in [5.41, 5.74) is 0.962. The first-order valence-corrected chi connectivity index (χ1v) is 6.45. The molecule has 0 aliphatic carbocycles. The van der Waals surface area contributed by atoms with E-state index in [1.54, 1.807) is 6.92 Å². The molecule has 0 spiro atoms. The van der Waals surface area contributed by atoms with Crippen molar-refractivity contribution >= 4 is 23.5 Å². The lowest BCUT2D eigenvalue weighted by atomic mass is 10.1. The van der Waals surface area contributed by atoms with Crippen LogP contribution in [0.4, 0.5) is 4.79 Å². The molecule has 0 heterocycles. The van der Waals surface area contributed by atoms with Crippen LogP contribution in [0.3, 0.4) is 0 Å². The van der Waals surface area contributed by atoms with E-state index in [9.17, 15) is 9.59 Å². The van der Waals surface area contributed by atoms with Crippen LogP contribution in [0, 0.1) is 0 Å². The van der Waals surface area contributed by atoms with Crippen LogP contribution in [-0.2, 0) is 4.79 Å². The number of carbonyl (C=O) groups is 2. The molecule has 19 heavy (non-hydrogen) atoms. The zero-order chi connectivity index (χ0) is 14.4. The van der Waals surface area contributed by atoms with Crippen molar-refractivity contribution in [3.63, 3.8) is 0 Å². The number of amides is 3. The van der Waals surface area contributed by atoms with Crippen molar-refractivity contribution in [3.05, 3.63) is 34.9 Å². The number of imide groups is 1. The normalized spacial score (nSPS) is 13.5. The Bertz CT molecular complexity index is 465. The lowest BCUT2D eigenvalue weighted by Gasteiger charge is -2.17. The Morgan fingerprint density at radius 1 is 1.26 bits per heavy atom. The summed E-state index contributed by atoms with van der Waals surface area (Å²) >= 11 is 6.10. The lowest BCUT2D eigenvalue weighted by Crippen LogP contribution is -2.92. The van der Waals surface area contributed by atoms with E-state index < -0.39 is 6.03 Å². The topological polar surface area (TPSA) is 74.8 Å². The number of quaternary nitrogens is 1. The van der Waals surface area contributed by atoms with Crippen LogP contribution < -0.4 is 16.0 Å². The van der Waals surface area contributed by atoms with Gasteiger partial charge in [0.2, 0.25) is 0 Å². The summed E-state index contributed by atoms with van der Waals surface area (Å²) in [5, 5.41) is 7.12. The van der Waals surface area contributed by atoms with Crippen LogP contribution in [-0.4, -0.2) is 25.0 Å². The van der Waals surface area contributed by atoms with Gasteiger partial charge in [0.1, 0.15) is 6.04 Å². The molecule has 0 aliphatic rings. The van der Waals surface area contributed by atoms with E-state index in [0.29, 0.717) is 5.02 Å². The highest BCUT2D eigenvalue weighted by Gasteiger charge is 2.22. The Labute approximate surface area is 117 Å². The SMILES string of the molecule is CNC(=O)NC(=O)[C@H](C)[NH2+][C@@H](C)c1ccccc1Cl. The standard InChI is InChI=1S/C13H18ClN3O2/c1-8(10-6-4-5-7-11(10)14)16-9(2)12(18)17-13(19)15-3/h4-9,16H,1-3H3,(H2,15,17,18,19)/p+1/t8-,9-/m0/s1. The molecule has 104 valence electrons. The molecule has 0 bridgehead atoms. The summed E-state index contributed by atoms with van der Waals surface area (Å²) in [6, 6.07) is 6.64. The summed E-state index contributed by atoms with van der Waals surface area (Å²) in [7, 11) is 1.46. The molecule has 3 amide bonds. The van der Waals surface area contributed by atoms with Gasteiger partial charge in [-0.2, -0.15) is 0 Å². The Balaban J connectivity index is 2.62. The van der Waals surface area contributed by atoms with E-state index >= 15 is 0 Å². The minimum Gasteiger partial charge on any atom is -0.341 e. The number of benzene rings is 1. The fourth-order valence-electron chi connectivity index (χ4n) is 1.76. The molecule has 0 saturated carbocycles. The highest BCUT2D eigenvalue weighted by Crippen LogP contribution is 2.19. The van der Waals surface area contributed by atoms with Crippen molar-refractivity contribution < 1.29 is 14.9 Å². The second-order valence-electron chi connectivity index (χ2n) is 4.36. The Morgan fingerprint density at radius 2 is 1.89 bits per heavy atom. The molecular formula is C13H19ClN3O2+. The number of nitrogens with two attached hydrogens (primary N) is 1. The molecule has 0 unspecified atom stereocenters. The third kappa shape index (κ3) is 4.54. The van der Waals surface area contributed by atoms with Crippen molar-refractivity contribution in [2.24, 2.45) is 0 Å². The fraction of sp³-hybridized carbons (Fsp3) is 0.385. The van der Waals surface area contributed by atoms with Gasteiger partial charge in [-0.25, -0.2) is 4.79 Å². The molecule has 4 N–H and O–H groups in total. The van der Waals surface area contributed by atoms with Crippen LogP contribution in [0.25, 0.3) is 0 Å². The molecule has 5 nitrogen and oxygen atoms in total. The van der Waals surface area contributed by atoms with E-state index in [4.69, 9.17) is 11.6 Å². The van der Waals surface area contributed by atoms with Crippen molar-refractivity contribution in [1.29, 1.82) is 0 Å². The van der Waals surface area contributed by atoms with Crippen LogP contribution in [0.5, 0.6) is 0 Å². The average Bonchev–Trinajstić information content (AvgIpc) is 2.38. The molecule has 6 heteroatoms. The minimum absolute atomic E-state index is 0.0270. The number of hydrogen-bond acceptors (Lipinski definition) is 2. The van der Waals surface area contributed by atoms with Crippen molar-refractivity contribution in [1.82, 2.24) is 10.6 Å². The number of nitrogens with one attached hydrogen (secondary N) is 2. The average molecular weight is 285 g/mol. The van der Waals surface area contributed by atoms with Gasteiger partial charge in [0.05, 0.1) is 0 Å². The molecule has 1 aromatic rings. The van der Waals surface area contributed by atoms with Gasteiger partial charge in [0.25, 0.3) is 5.91 Å². The summed E-state index contributed by atoms with van der Waals surface area (Å²) in [5.74, 6) is -0.335. The van der Waals surface area contributed by atoms with Gasteiger partial charge in [0, 0.05) is 17.6 Å². The first-order valence-electron chi connectivity index (χ1n) is 6.07. The Morgan fingerprint density at radius 3 is 2.47 bits per heavy atom. The van der Waals surface area contributed by atoms with Gasteiger partial charge in [-0.1, -0.05) is 29.8 Å². The van der Waals surface area contributed by atoms with Crippen molar-refractivity contribution in [2.45, 2.75) is 25.9 Å². The van der Waals surface area contributed by atoms with E-state index in [1.165, 1.54) is 7.05 Å². The molecule has 0 fully saturated rings. The number of halogens is 1. The smallest absolute Gasteiger partial charge is 0.321 e. The zero-order valence-electron chi connectivity index (χ0n) is 11.2. The maximum absolute atomic E-state index is 11.7. The fourth-order valence-corrected chi connectivity index (χ4v) is 2.06. The monoisotopic (exact) mass is 284 g/mol. The second kappa shape index (κ2) is 7.11. The summed E-state index contributed by atoms with van der Waals surface area (Å²) in [4.78, 5) is 22.8. The lowest BCUT2D eigenvalue weighted by molar-refractivity contribution is -0.710. The Kier molecular flexibility index (Phi) is 5.79. The van der Waals surface area contributed by atoms with Gasteiger partial charge >= 0.3 is 6.03 Å². The van der Waals surface area contributed by atoms with Crippen LogP contribution in [0.2, 0.25) is 5.02 Å². The quantitative estimate of drug-likeness (QED) is 0.765. The summed E-state index contributed by atoms with van der Waals surface area (Å²) < 4.78 is 0. The molecule has 2 atom stereocenters. The number of urea groups is 1. The van der Waals surface area contributed by atoms with Gasteiger partial charge in [-0.3, -0.25) is 10.1 Å². The molecule has 0 aromatic heterocycles. The molecule has 0 radical (unpaired) electrons. The van der Waals surface area contributed by atoms with Gasteiger partial charge in [-0.05, 0) is 19.9 Å². The maximum atomic E-state index is 11.7. The Hall–Kier alpha value is -1.59.